The lowest BCUT2D eigenvalue weighted by atomic mass is 9.96. The zero-order valence-electron chi connectivity index (χ0n) is 84.8. The maximum Gasteiger partial charge on any atom is 0.328 e. The molecule has 0 saturated carbocycles. The van der Waals surface area contributed by atoms with Crippen LogP contribution < -0.4 is 113 Å². The Bertz CT molecular complexity index is 4760. The average Bonchev–Trinajstić information content (AvgIpc) is 1.66. The molecule has 832 valence electrons. The summed E-state index contributed by atoms with van der Waals surface area (Å²) in [4.78, 5) is 346. The van der Waals surface area contributed by atoms with E-state index in [1.54, 1.807) is 68.6 Å². The van der Waals surface area contributed by atoms with Crippen LogP contribution in [0.5, 0.6) is 0 Å². The molecule has 1 aromatic heterocycles. The Morgan fingerprint density at radius 3 is 1.24 bits per heavy atom. The summed E-state index contributed by atoms with van der Waals surface area (Å²) in [5.41, 5.74) is 16.5. The highest BCUT2D eigenvalue weighted by Crippen LogP contribution is 2.23. The van der Waals surface area contributed by atoms with Crippen LogP contribution in [0.25, 0.3) is 0 Å². The van der Waals surface area contributed by atoms with Crippen LogP contribution in [0.1, 0.15) is 186 Å². The zero-order valence-corrected chi connectivity index (χ0v) is 85.6. The van der Waals surface area contributed by atoms with E-state index in [4.69, 9.17) is 17.2 Å². The number of aliphatic hydroxyl groups excluding tert-OH is 5. The molecule has 1 aromatic rings. The number of aromatic amines is 1. The molecule has 21 amide bonds. The molecule has 0 aromatic carbocycles. The van der Waals surface area contributed by atoms with Gasteiger partial charge in [-0.3, -0.25) is 115 Å². The quantitative estimate of drug-likeness (QED) is 0.0288. The zero-order chi connectivity index (χ0) is 113. The van der Waals surface area contributed by atoms with Gasteiger partial charge in [0, 0.05) is 38.4 Å². The topological polar surface area (TPSA) is 935 Å². The van der Waals surface area contributed by atoms with E-state index in [9.17, 15) is 166 Å². The van der Waals surface area contributed by atoms with E-state index in [-0.39, 0.29) is 61.9 Å². The van der Waals surface area contributed by atoms with E-state index in [0.29, 0.717) is 0 Å². The van der Waals surface area contributed by atoms with Crippen LogP contribution in [0.3, 0.4) is 0 Å². The molecule has 34 N–H and O–H groups in total. The number of nitrogens with one attached hydrogen (secondary N) is 19. The minimum Gasteiger partial charge on any atom is -0.481 e. The molecule has 58 nitrogen and oxygen atoms in total. The molecular weight excluding hydrogens is 1980 g/mol. The van der Waals surface area contributed by atoms with Crippen molar-refractivity contribution >= 4 is 160 Å². The molecule has 2 rings (SSSR count). The number of likely N-dealkylation sites (tertiary alicyclic amines) is 1. The Labute approximate surface area is 855 Å². The molecular formula is C89H146N24O34S. The van der Waals surface area contributed by atoms with Crippen molar-refractivity contribution in [2.45, 2.75) is 313 Å². The van der Waals surface area contributed by atoms with Crippen LogP contribution in [0.15, 0.2) is 12.5 Å². The van der Waals surface area contributed by atoms with Gasteiger partial charge in [0.05, 0.1) is 63.4 Å². The molecule has 0 spiro atoms. The smallest absolute Gasteiger partial charge is 0.328 e. The van der Waals surface area contributed by atoms with E-state index in [0.717, 1.165) is 30.5 Å². The van der Waals surface area contributed by atoms with Crippen LogP contribution in [-0.4, -0.2) is 381 Å². The average molecular weight is 2130 g/mol. The predicted molar refractivity (Wildman–Crippen MR) is 518 cm³/mol. The second-order valence-electron chi connectivity index (χ2n) is 37.1. The fraction of sp³-hybridized carbons (Fsp3) is 0.685. The summed E-state index contributed by atoms with van der Waals surface area (Å²) in [6, 6.07) is -32.9. The Morgan fingerprint density at radius 1 is 0.419 bits per heavy atom. The summed E-state index contributed by atoms with van der Waals surface area (Å²) in [5.74, 6) is -33.4. The molecule has 0 aliphatic carbocycles. The second-order valence-corrected chi connectivity index (χ2v) is 38.1. The summed E-state index contributed by atoms with van der Waals surface area (Å²) in [5, 5.41) is 131. The molecule has 22 atom stereocenters. The van der Waals surface area contributed by atoms with Crippen LogP contribution >= 0.6 is 11.8 Å². The number of carboxylic acids is 4. The van der Waals surface area contributed by atoms with Crippen LogP contribution in [0.2, 0.25) is 0 Å². The van der Waals surface area contributed by atoms with Crippen LogP contribution in [0, 0.1) is 29.6 Å². The number of nitrogens with zero attached hydrogens (tertiary/aromatic N) is 2. The number of aromatic nitrogens is 2. The van der Waals surface area contributed by atoms with Crippen molar-refractivity contribution in [3.05, 3.63) is 18.2 Å². The number of hydrogen-bond donors (Lipinski definition) is 31. The van der Waals surface area contributed by atoms with Crippen molar-refractivity contribution in [2.75, 3.05) is 44.9 Å². The van der Waals surface area contributed by atoms with E-state index < -0.39 is 383 Å². The third-order valence-electron chi connectivity index (χ3n) is 23.0. The fourth-order valence-corrected chi connectivity index (χ4v) is 15.0. The number of thioether (sulfide) groups is 1. The molecule has 0 bridgehead atoms. The lowest BCUT2D eigenvalue weighted by Crippen LogP contribution is -2.62. The van der Waals surface area contributed by atoms with Crippen LogP contribution in [-0.2, 0) is 126 Å². The predicted octanol–water partition coefficient (Wildman–Crippen LogP) is -12.0. The van der Waals surface area contributed by atoms with Crippen molar-refractivity contribution in [2.24, 2.45) is 46.8 Å². The summed E-state index contributed by atoms with van der Waals surface area (Å²) < 4.78 is 0. The van der Waals surface area contributed by atoms with Gasteiger partial charge in [0.1, 0.15) is 109 Å². The first-order valence-corrected chi connectivity index (χ1v) is 49.2. The molecule has 1 fully saturated rings. The number of H-pyrrole nitrogens is 1. The van der Waals surface area contributed by atoms with Gasteiger partial charge in [-0.25, -0.2) is 9.78 Å². The van der Waals surface area contributed by atoms with Gasteiger partial charge in [-0.05, 0) is 114 Å². The maximum atomic E-state index is 14.8. The summed E-state index contributed by atoms with van der Waals surface area (Å²) >= 11 is 1.08. The van der Waals surface area contributed by atoms with Gasteiger partial charge in [-0.2, -0.15) is 11.8 Å². The lowest BCUT2D eigenvalue weighted by molar-refractivity contribution is -0.145. The van der Waals surface area contributed by atoms with E-state index in [2.05, 4.69) is 100 Å². The van der Waals surface area contributed by atoms with E-state index in [1.165, 1.54) is 26.4 Å². The van der Waals surface area contributed by atoms with E-state index >= 15 is 0 Å². The number of hydrogen-bond acceptors (Lipinski definition) is 33. The normalized spacial score (nSPS) is 16.6. The van der Waals surface area contributed by atoms with Crippen LogP contribution in [0.4, 0.5) is 0 Å². The number of aliphatic carboxylic acids is 4. The largest absolute Gasteiger partial charge is 0.481 e. The minimum absolute atomic E-state index is 0.0260. The monoisotopic (exact) mass is 2130 g/mol. The third-order valence-corrected chi connectivity index (χ3v) is 23.7. The molecule has 0 radical (unpaired) electrons. The van der Waals surface area contributed by atoms with Crippen molar-refractivity contribution in [3.8, 4) is 0 Å². The van der Waals surface area contributed by atoms with Crippen molar-refractivity contribution < 1.29 is 166 Å². The highest BCUT2D eigenvalue weighted by molar-refractivity contribution is 7.98. The maximum absolute atomic E-state index is 14.8. The van der Waals surface area contributed by atoms with Gasteiger partial charge in [0.2, 0.25) is 124 Å². The van der Waals surface area contributed by atoms with Gasteiger partial charge in [0.25, 0.3) is 0 Å². The lowest BCUT2D eigenvalue weighted by Gasteiger charge is -2.31. The number of carbonyl (C=O) groups excluding carboxylic acids is 21. The Hall–Kier alpha value is -13.9. The number of nitrogens with two attached hydrogens (primary N) is 3. The summed E-state index contributed by atoms with van der Waals surface area (Å²) in [7, 11) is 0. The molecule has 0 unspecified atom stereocenters. The highest BCUT2D eigenvalue weighted by atomic mass is 32.2. The molecule has 2 heterocycles. The van der Waals surface area contributed by atoms with E-state index in [1.807, 2.05) is 5.32 Å². The minimum atomic E-state index is -2.26. The standard InChI is InChI=1S/C89H146N24O34S/c1-15-42(10)68(84(141)94-33-62(121)108-69(44(12)117)87(144)99-48(18-21-60(91)119)73(130)107-58(36-116)82(139)112-70(45(13)118)89(146)147)111-80(137)53(28-39(4)5)105-83(140)59-17-16-25-113(59)88(145)51(19-22-61(92)120)100-81(138)57(35-115)106-74(131)49(20-23-63(122)123)97-75(132)50(24-26-148-14)98-78(135)55(30-64(124)125)104-79(136)56(31-65(126)127)103-77(134)54(29-46-32-93-37-95-46)102-76(133)52(27-38(2)3)101-71(128)43(11)96-85(142)66(40(6)7)110-86(143)67(41(8)9)109-72(129)47(90)34-114/h32,37-45,47-59,66-70,114-118H,15-31,33-36,90H2,1-14H3,(H2,91,119)(H2,92,120)(H,93,95)(H,94,141)(H,96,142)(H,97,132)(H,98,135)(H,99,144)(H,100,138)(H,101,128)(H,102,133)(H,103,134)(H,104,136)(H,105,140)(H,106,131)(H,107,130)(H,108,121)(H,109,129)(H,110,143)(H,111,137)(H,112,139)(H,122,123)(H,124,125)(H,126,127)(H,146,147)/t42-,43-,44+,45+,47-,48-,49-,50-,51-,52-,53-,54-,55-,56-,57-,58-,59-,66-,67-,68-,69-,70-/m0/s1. The van der Waals surface area contributed by atoms with Gasteiger partial charge in [-0.15, -0.1) is 0 Å². The molecule has 1 aliphatic heterocycles. The van der Waals surface area contributed by atoms with Crippen molar-refractivity contribution in [3.63, 3.8) is 0 Å². The van der Waals surface area contributed by atoms with Crippen molar-refractivity contribution in [1.82, 2.24) is 111 Å². The number of amides is 21. The first-order valence-electron chi connectivity index (χ1n) is 47.8. The molecule has 59 heteroatoms. The Kier molecular flexibility index (Phi) is 57.1. The highest BCUT2D eigenvalue weighted by Gasteiger charge is 2.45. The third kappa shape index (κ3) is 45.6. The molecule has 1 saturated heterocycles. The molecule has 1 aliphatic rings. The first kappa shape index (κ1) is 130. The van der Waals surface area contributed by atoms with Gasteiger partial charge < -0.3 is 169 Å². The fourth-order valence-electron chi connectivity index (χ4n) is 14.6. The van der Waals surface area contributed by atoms with Gasteiger partial charge in [0.15, 0.2) is 6.04 Å². The number of rotatable bonds is 69. The Morgan fingerprint density at radius 2 is 0.804 bits per heavy atom. The van der Waals surface area contributed by atoms with Gasteiger partial charge >= 0.3 is 23.9 Å². The number of primary amides is 2. The number of carboxylic acid groups (broad SMARTS) is 4. The SMILES string of the molecule is CC[C@H](C)[C@H](NC(=O)[C@H](CC(C)C)NC(=O)[C@@H]1CCCN1C(=O)[C@H](CCC(N)=O)NC(=O)[C@H](CO)NC(=O)[C@H](CCC(=O)O)NC(=O)[C@H](CCSC)NC(=O)[C@H](CC(=O)O)NC(=O)[C@H](CC(=O)O)NC(=O)[C@H](Cc1c[nH]cn1)NC(=O)[C@H](CC(C)C)NC(=O)[C@H](C)NC(=O)[C@@H](NC(=O)[C@@H](NC(=O)[C@@H](N)CO)C(C)C)C(C)C)C(=O)NCC(=O)N[C@H](C(=O)N[C@@H](CCC(N)=O)C(=O)N[C@@H](CO)C(=O)N[C@H](C(=O)O)[C@@H](C)O)[C@@H](C)O. The van der Waals surface area contributed by atoms with Crippen molar-refractivity contribution in [1.29, 1.82) is 0 Å². The molecule has 148 heavy (non-hydrogen) atoms. The second kappa shape index (κ2) is 64.9. The summed E-state index contributed by atoms with van der Waals surface area (Å²) in [6.07, 6.45) is -7.12. The Balaban J connectivity index is 2.46. The first-order chi connectivity index (χ1) is 69.2. The number of imidazole rings is 1. The number of aliphatic hydroxyl groups is 5. The summed E-state index contributed by atoms with van der Waals surface area (Å²) in [6.45, 7) is 15.1. The van der Waals surface area contributed by atoms with Gasteiger partial charge in [-0.1, -0.05) is 75.7 Å². The number of carbonyl (C=O) groups is 25.